The summed E-state index contributed by atoms with van der Waals surface area (Å²) in [6.45, 7) is 5.44. The first-order valence-corrected chi connectivity index (χ1v) is 18.2. The summed E-state index contributed by atoms with van der Waals surface area (Å²) in [4.78, 5) is 26.4. The van der Waals surface area contributed by atoms with Gasteiger partial charge < -0.3 is 54.3 Å². The van der Waals surface area contributed by atoms with Crippen molar-refractivity contribution in [2.75, 3.05) is 19.8 Å². The molecule has 16 atom stereocenters. The molecule has 13 heteroatoms. The van der Waals surface area contributed by atoms with Gasteiger partial charge >= 0.3 is 5.97 Å². The second kappa shape index (κ2) is 12.9. The van der Waals surface area contributed by atoms with Gasteiger partial charge in [-0.15, -0.1) is 0 Å². The highest BCUT2D eigenvalue weighted by Gasteiger charge is 2.71. The number of cyclic esters (lactones) is 1. The third-order valence-corrected chi connectivity index (χ3v) is 14.2. The SMILES string of the molecule is CC1OC(OC2CCC3(C)C4CCC5(C)C(=O)C4(CCC5C4=CC(=O)OC4)CCC3(O)C2)CC(CO)C1OC1OC(CO)C(O)C(O)C1O. The first kappa shape index (κ1) is 35.9. The molecule has 4 saturated carbocycles. The summed E-state index contributed by atoms with van der Waals surface area (Å²) in [6, 6.07) is 0. The van der Waals surface area contributed by atoms with Crippen molar-refractivity contribution >= 4 is 11.8 Å². The smallest absolute Gasteiger partial charge is 0.331 e. The van der Waals surface area contributed by atoms with Crippen LogP contribution in [0, 0.1) is 34.0 Å². The maximum Gasteiger partial charge on any atom is 0.331 e. The Morgan fingerprint density at radius 1 is 0.898 bits per heavy atom. The van der Waals surface area contributed by atoms with E-state index in [9.17, 15) is 40.2 Å². The molecule has 3 heterocycles. The molecule has 276 valence electrons. The predicted molar refractivity (Wildman–Crippen MR) is 169 cm³/mol. The minimum Gasteiger partial charge on any atom is -0.458 e. The summed E-state index contributed by atoms with van der Waals surface area (Å²) in [5, 5.41) is 63.1. The van der Waals surface area contributed by atoms with Crippen molar-refractivity contribution in [3.63, 3.8) is 0 Å². The number of hydrogen-bond donors (Lipinski definition) is 6. The van der Waals surface area contributed by atoms with E-state index in [4.69, 9.17) is 23.7 Å². The van der Waals surface area contributed by atoms with Crippen LogP contribution >= 0.6 is 0 Å². The largest absolute Gasteiger partial charge is 0.458 e. The van der Waals surface area contributed by atoms with Gasteiger partial charge in [-0.25, -0.2) is 4.79 Å². The monoisotopic (exact) mass is 694 g/mol. The lowest BCUT2D eigenvalue weighted by Crippen LogP contribution is -2.69. The van der Waals surface area contributed by atoms with Crippen LogP contribution in [0.15, 0.2) is 11.6 Å². The summed E-state index contributed by atoms with van der Waals surface area (Å²) < 4.78 is 29.5. The number of carbonyl (C=O) groups excluding carboxylic acids is 2. The van der Waals surface area contributed by atoms with Gasteiger partial charge in [0.05, 0.1) is 30.5 Å². The molecule has 49 heavy (non-hydrogen) atoms. The summed E-state index contributed by atoms with van der Waals surface area (Å²) >= 11 is 0. The average molecular weight is 695 g/mol. The fraction of sp³-hybridized carbons (Fsp3) is 0.889. The van der Waals surface area contributed by atoms with E-state index in [2.05, 4.69) is 13.8 Å². The van der Waals surface area contributed by atoms with Crippen LogP contribution in [0.3, 0.4) is 0 Å². The zero-order valence-electron chi connectivity index (χ0n) is 28.7. The van der Waals surface area contributed by atoms with Crippen molar-refractivity contribution in [1.82, 2.24) is 0 Å². The van der Waals surface area contributed by atoms with E-state index in [1.807, 2.05) is 0 Å². The van der Waals surface area contributed by atoms with E-state index in [-0.39, 0.29) is 43.5 Å². The van der Waals surface area contributed by atoms with Crippen LogP contribution in [0.4, 0.5) is 0 Å². The van der Waals surface area contributed by atoms with E-state index in [0.29, 0.717) is 37.9 Å². The first-order valence-electron chi connectivity index (χ1n) is 18.2. The molecule has 6 N–H and O–H groups in total. The standard InChI is InChI=1S/C36H54O13/c1-18-30(49-31-29(42)28(41)27(40)23(16-38)48-31)19(15-37)13-26(46-18)47-21-4-8-34(3)24-6-7-33(2)22(20-12-25(39)45-17-20)5-9-35(24,32(33)43)10-11-36(34,44)14-21/h12,18-19,21-24,26-31,37-38,40-42,44H,4-11,13-17H2,1-3H3. The van der Waals surface area contributed by atoms with E-state index >= 15 is 0 Å². The number of carbonyl (C=O) groups is 2. The van der Waals surface area contributed by atoms with E-state index in [1.165, 1.54) is 0 Å². The lowest BCUT2D eigenvalue weighted by atomic mass is 9.36. The van der Waals surface area contributed by atoms with Crippen LogP contribution in [-0.2, 0) is 33.3 Å². The number of hydrogen-bond acceptors (Lipinski definition) is 13. The molecule has 7 aliphatic rings. The second-order valence-electron chi connectivity index (χ2n) is 16.6. The van der Waals surface area contributed by atoms with E-state index in [0.717, 1.165) is 31.3 Å². The van der Waals surface area contributed by atoms with Crippen LogP contribution in [0.5, 0.6) is 0 Å². The molecule has 4 aliphatic carbocycles. The molecule has 0 radical (unpaired) electrons. The molecule has 0 aromatic rings. The lowest BCUT2D eigenvalue weighted by molar-refractivity contribution is -0.342. The summed E-state index contributed by atoms with van der Waals surface area (Å²) in [5.41, 5.74) is -1.55. The van der Waals surface area contributed by atoms with Gasteiger partial charge in [0.15, 0.2) is 12.6 Å². The highest BCUT2D eigenvalue weighted by Crippen LogP contribution is 2.71. The Hall–Kier alpha value is -1.52. The van der Waals surface area contributed by atoms with Crippen LogP contribution in [0.25, 0.3) is 0 Å². The van der Waals surface area contributed by atoms with Gasteiger partial charge in [0.1, 0.15) is 36.8 Å². The van der Waals surface area contributed by atoms with Crippen molar-refractivity contribution in [2.24, 2.45) is 34.0 Å². The van der Waals surface area contributed by atoms with Gasteiger partial charge in [0, 0.05) is 47.7 Å². The minimum absolute atomic E-state index is 0.0126. The van der Waals surface area contributed by atoms with Gasteiger partial charge in [-0.05, 0) is 75.7 Å². The second-order valence-corrected chi connectivity index (χ2v) is 16.6. The van der Waals surface area contributed by atoms with Crippen molar-refractivity contribution < 1.29 is 63.9 Å². The summed E-state index contributed by atoms with van der Waals surface area (Å²) in [6.07, 6.45) is -1.45. The van der Waals surface area contributed by atoms with Gasteiger partial charge in [-0.2, -0.15) is 0 Å². The number of esters is 1. The zero-order valence-corrected chi connectivity index (χ0v) is 28.7. The number of ketones is 1. The third-order valence-electron chi connectivity index (χ3n) is 14.2. The van der Waals surface area contributed by atoms with Gasteiger partial charge in [-0.1, -0.05) is 13.8 Å². The molecular formula is C36H54O13. The van der Waals surface area contributed by atoms with Gasteiger partial charge in [0.25, 0.3) is 0 Å². The molecular weight excluding hydrogens is 640 g/mol. The highest BCUT2D eigenvalue weighted by atomic mass is 16.7. The van der Waals surface area contributed by atoms with Gasteiger partial charge in [-0.3, -0.25) is 4.79 Å². The Bertz CT molecular complexity index is 1320. The molecule has 2 saturated heterocycles. The third kappa shape index (κ3) is 5.57. The van der Waals surface area contributed by atoms with Gasteiger partial charge in [0.2, 0.25) is 0 Å². The Morgan fingerprint density at radius 2 is 1.67 bits per heavy atom. The number of rotatable bonds is 7. The topological polar surface area (TPSA) is 202 Å². The quantitative estimate of drug-likeness (QED) is 0.162. The van der Waals surface area contributed by atoms with Crippen LogP contribution < -0.4 is 0 Å². The first-order chi connectivity index (χ1) is 23.2. The van der Waals surface area contributed by atoms with Crippen molar-refractivity contribution in [3.8, 4) is 0 Å². The van der Waals surface area contributed by atoms with Crippen LogP contribution in [-0.4, -0.2) is 123 Å². The minimum atomic E-state index is -1.58. The maximum absolute atomic E-state index is 14.5. The Kier molecular flexibility index (Phi) is 9.41. The molecule has 13 nitrogen and oxygen atoms in total. The average Bonchev–Trinajstić information content (AvgIpc) is 3.49. The summed E-state index contributed by atoms with van der Waals surface area (Å²) in [5.74, 6) is -0.416. The Morgan fingerprint density at radius 3 is 2.37 bits per heavy atom. The molecule has 2 bridgehead atoms. The Labute approximate surface area is 286 Å². The molecule has 0 aromatic carbocycles. The highest BCUT2D eigenvalue weighted by molar-refractivity contribution is 5.94. The number of Topliss-reactive ketones (excluding diaryl/α,β-unsaturated/α-hetero) is 1. The van der Waals surface area contributed by atoms with E-state index in [1.54, 1.807) is 13.0 Å². The Balaban J connectivity index is 1.00. The molecule has 16 unspecified atom stereocenters. The fourth-order valence-corrected chi connectivity index (χ4v) is 11.4. The molecule has 7 rings (SSSR count). The normalized spacial score (nSPS) is 53.0. The number of fused-ring (bicyclic) bond motifs is 3. The van der Waals surface area contributed by atoms with E-state index < -0.39 is 83.6 Å². The predicted octanol–water partition coefficient (Wildman–Crippen LogP) is 0.880. The molecule has 1 spiro atoms. The fourth-order valence-electron chi connectivity index (χ4n) is 11.4. The zero-order chi connectivity index (χ0) is 35.1. The van der Waals surface area contributed by atoms with Crippen LogP contribution in [0.2, 0.25) is 0 Å². The van der Waals surface area contributed by atoms with Crippen molar-refractivity contribution in [2.45, 2.75) is 146 Å². The number of ether oxygens (including phenoxy) is 5. The lowest BCUT2D eigenvalue weighted by Gasteiger charge is -2.68. The van der Waals surface area contributed by atoms with Crippen molar-refractivity contribution in [3.05, 3.63) is 11.6 Å². The maximum atomic E-state index is 14.5. The van der Waals surface area contributed by atoms with Crippen molar-refractivity contribution in [1.29, 1.82) is 0 Å². The molecule has 0 aromatic heterocycles. The van der Waals surface area contributed by atoms with Crippen LogP contribution in [0.1, 0.15) is 85.0 Å². The molecule has 0 amide bonds. The summed E-state index contributed by atoms with van der Waals surface area (Å²) in [7, 11) is 0. The molecule has 6 fully saturated rings. The number of aliphatic hydroxyl groups is 6. The number of aliphatic hydroxyl groups excluding tert-OH is 5. The molecule has 3 aliphatic heterocycles.